The van der Waals surface area contributed by atoms with Gasteiger partial charge in [0.1, 0.15) is 17.2 Å². The van der Waals surface area contributed by atoms with Crippen LogP contribution in [0.3, 0.4) is 0 Å². The third-order valence-electron chi connectivity index (χ3n) is 2.69. The van der Waals surface area contributed by atoms with Crippen LogP contribution in [0.4, 0.5) is 0 Å². The van der Waals surface area contributed by atoms with E-state index in [0.717, 1.165) is 17.1 Å². The molecule has 20 heavy (non-hydrogen) atoms. The molecule has 0 aliphatic carbocycles. The lowest BCUT2D eigenvalue weighted by Crippen LogP contribution is -2.14. The van der Waals surface area contributed by atoms with Crippen molar-refractivity contribution in [2.24, 2.45) is 0 Å². The molecule has 0 saturated carbocycles. The normalized spacial score (nSPS) is 10.3. The summed E-state index contributed by atoms with van der Waals surface area (Å²) in [7, 11) is 3.23. The number of nitrogens with one attached hydrogen (secondary N) is 1. The van der Waals surface area contributed by atoms with Crippen LogP contribution in [-0.2, 0) is 5.75 Å². The van der Waals surface area contributed by atoms with Crippen LogP contribution in [-0.4, -0.2) is 29.4 Å². The van der Waals surface area contributed by atoms with Gasteiger partial charge >= 0.3 is 0 Å². The van der Waals surface area contributed by atoms with E-state index in [9.17, 15) is 4.79 Å². The average Bonchev–Trinajstić information content (AvgIpc) is 2.48. The number of methoxy groups -OCH3 is 2. The molecule has 0 amide bonds. The van der Waals surface area contributed by atoms with Crippen molar-refractivity contribution in [2.75, 3.05) is 14.2 Å². The number of aromatic nitrogens is 3. The van der Waals surface area contributed by atoms with E-state index in [2.05, 4.69) is 15.2 Å². The van der Waals surface area contributed by atoms with E-state index in [1.54, 1.807) is 21.1 Å². The van der Waals surface area contributed by atoms with Crippen molar-refractivity contribution in [2.45, 2.75) is 17.8 Å². The molecule has 0 spiro atoms. The summed E-state index contributed by atoms with van der Waals surface area (Å²) >= 11 is 1.38. The Bertz CT molecular complexity index is 658. The third kappa shape index (κ3) is 3.30. The maximum atomic E-state index is 11.5. The highest BCUT2D eigenvalue weighted by atomic mass is 32.2. The van der Waals surface area contributed by atoms with Crippen LogP contribution in [0.15, 0.2) is 28.2 Å². The largest absolute Gasteiger partial charge is 0.497 e. The van der Waals surface area contributed by atoms with E-state index < -0.39 is 0 Å². The van der Waals surface area contributed by atoms with E-state index >= 15 is 0 Å². The SMILES string of the molecule is COc1ccc(OC)c(CSc2nnc(C)c(=O)[nH]2)c1. The lowest BCUT2D eigenvalue weighted by molar-refractivity contribution is 0.400. The van der Waals surface area contributed by atoms with Crippen molar-refractivity contribution in [1.29, 1.82) is 0 Å². The number of hydrogen-bond donors (Lipinski definition) is 1. The molecule has 2 aromatic rings. The molecular weight excluding hydrogens is 278 g/mol. The van der Waals surface area contributed by atoms with Crippen LogP contribution in [0.5, 0.6) is 11.5 Å². The smallest absolute Gasteiger partial charge is 0.273 e. The zero-order valence-corrected chi connectivity index (χ0v) is 12.3. The Morgan fingerprint density at radius 2 is 2.05 bits per heavy atom. The molecular formula is C13H15N3O3S. The van der Waals surface area contributed by atoms with Crippen LogP contribution in [0.1, 0.15) is 11.3 Å². The minimum atomic E-state index is -0.222. The van der Waals surface area contributed by atoms with Crippen LogP contribution in [0.2, 0.25) is 0 Å². The third-order valence-corrected chi connectivity index (χ3v) is 3.60. The second kappa shape index (κ2) is 6.42. The first-order valence-corrected chi connectivity index (χ1v) is 6.90. The number of H-pyrrole nitrogens is 1. The van der Waals surface area contributed by atoms with Gasteiger partial charge in [-0.05, 0) is 25.1 Å². The fourth-order valence-electron chi connectivity index (χ4n) is 1.58. The molecule has 1 aromatic carbocycles. The molecule has 0 radical (unpaired) electrons. The van der Waals surface area contributed by atoms with Gasteiger partial charge in [0, 0.05) is 11.3 Å². The van der Waals surface area contributed by atoms with E-state index in [-0.39, 0.29) is 5.56 Å². The van der Waals surface area contributed by atoms with E-state index in [0.29, 0.717) is 16.6 Å². The number of hydrogen-bond acceptors (Lipinski definition) is 6. The molecule has 6 nitrogen and oxygen atoms in total. The lowest BCUT2D eigenvalue weighted by atomic mass is 10.2. The number of nitrogens with zero attached hydrogens (tertiary/aromatic N) is 2. The Balaban J connectivity index is 2.17. The number of aryl methyl sites for hydroxylation is 1. The molecule has 0 unspecified atom stereocenters. The number of ether oxygens (including phenoxy) is 2. The fourth-order valence-corrected chi connectivity index (χ4v) is 2.37. The lowest BCUT2D eigenvalue weighted by Gasteiger charge is -2.09. The van der Waals surface area contributed by atoms with Crippen molar-refractivity contribution in [3.05, 3.63) is 39.8 Å². The van der Waals surface area contributed by atoms with Crippen molar-refractivity contribution >= 4 is 11.8 Å². The van der Waals surface area contributed by atoms with Crippen LogP contribution < -0.4 is 15.0 Å². The van der Waals surface area contributed by atoms with Gasteiger partial charge in [0.25, 0.3) is 5.56 Å². The monoisotopic (exact) mass is 293 g/mol. The second-order valence-electron chi connectivity index (χ2n) is 4.01. The van der Waals surface area contributed by atoms with E-state index in [1.165, 1.54) is 11.8 Å². The number of aromatic amines is 1. The summed E-state index contributed by atoms with van der Waals surface area (Å²) in [5, 5.41) is 8.21. The van der Waals surface area contributed by atoms with Crippen molar-refractivity contribution < 1.29 is 9.47 Å². The predicted octanol–water partition coefficient (Wildman–Crippen LogP) is 1.78. The zero-order chi connectivity index (χ0) is 14.5. The van der Waals surface area contributed by atoms with Gasteiger partial charge in [-0.1, -0.05) is 11.8 Å². The average molecular weight is 293 g/mol. The quantitative estimate of drug-likeness (QED) is 0.847. The Morgan fingerprint density at radius 3 is 2.70 bits per heavy atom. The molecule has 106 valence electrons. The molecule has 0 aliphatic heterocycles. The molecule has 1 heterocycles. The van der Waals surface area contributed by atoms with Crippen molar-refractivity contribution in [1.82, 2.24) is 15.2 Å². The van der Waals surface area contributed by atoms with Crippen molar-refractivity contribution in [3.8, 4) is 11.5 Å². The molecule has 1 N–H and O–H groups in total. The van der Waals surface area contributed by atoms with Crippen LogP contribution >= 0.6 is 11.8 Å². The first-order chi connectivity index (χ1) is 9.63. The van der Waals surface area contributed by atoms with Gasteiger partial charge < -0.3 is 9.47 Å². The molecule has 0 atom stereocenters. The van der Waals surface area contributed by atoms with Gasteiger partial charge in [0.2, 0.25) is 0 Å². The molecule has 0 saturated heterocycles. The zero-order valence-electron chi connectivity index (χ0n) is 11.5. The van der Waals surface area contributed by atoms with Crippen molar-refractivity contribution in [3.63, 3.8) is 0 Å². The Morgan fingerprint density at radius 1 is 1.25 bits per heavy atom. The highest BCUT2D eigenvalue weighted by Gasteiger charge is 2.08. The molecule has 7 heteroatoms. The standard InChI is InChI=1S/C13H15N3O3S/c1-8-12(17)14-13(16-15-8)20-7-9-6-10(18-2)4-5-11(9)19-3/h4-6H,7H2,1-3H3,(H,14,16,17). The fraction of sp³-hybridized carbons (Fsp3) is 0.308. The van der Waals surface area contributed by atoms with Gasteiger partial charge in [-0.15, -0.1) is 10.2 Å². The maximum Gasteiger partial charge on any atom is 0.273 e. The summed E-state index contributed by atoms with van der Waals surface area (Å²) in [4.78, 5) is 14.1. The van der Waals surface area contributed by atoms with Gasteiger partial charge in [0.15, 0.2) is 5.16 Å². The molecule has 1 aromatic heterocycles. The summed E-state index contributed by atoms with van der Waals surface area (Å²) in [6.45, 7) is 1.62. The minimum Gasteiger partial charge on any atom is -0.497 e. The van der Waals surface area contributed by atoms with Gasteiger partial charge in [0.05, 0.1) is 14.2 Å². The predicted molar refractivity (Wildman–Crippen MR) is 76.5 cm³/mol. The Kier molecular flexibility index (Phi) is 4.62. The molecule has 0 bridgehead atoms. The highest BCUT2D eigenvalue weighted by Crippen LogP contribution is 2.29. The highest BCUT2D eigenvalue weighted by molar-refractivity contribution is 7.98. The van der Waals surface area contributed by atoms with E-state index in [1.807, 2.05) is 18.2 Å². The number of thioether (sulfide) groups is 1. The second-order valence-corrected chi connectivity index (χ2v) is 4.98. The van der Waals surface area contributed by atoms with Crippen LogP contribution in [0.25, 0.3) is 0 Å². The summed E-state index contributed by atoms with van der Waals surface area (Å²) in [6, 6.07) is 5.57. The van der Waals surface area contributed by atoms with Crippen LogP contribution in [0, 0.1) is 6.92 Å². The van der Waals surface area contributed by atoms with E-state index in [4.69, 9.17) is 9.47 Å². The van der Waals surface area contributed by atoms with Gasteiger partial charge in [-0.25, -0.2) is 0 Å². The first kappa shape index (κ1) is 14.4. The maximum absolute atomic E-state index is 11.5. The summed E-state index contributed by atoms with van der Waals surface area (Å²) in [5.74, 6) is 2.11. The molecule has 0 aliphatic rings. The van der Waals surface area contributed by atoms with Gasteiger partial charge in [-0.2, -0.15) is 0 Å². The molecule has 2 rings (SSSR count). The topological polar surface area (TPSA) is 77.1 Å². The number of rotatable bonds is 5. The Hall–Kier alpha value is -2.02. The number of benzene rings is 1. The minimum absolute atomic E-state index is 0.222. The molecule has 0 fully saturated rings. The van der Waals surface area contributed by atoms with Gasteiger partial charge in [-0.3, -0.25) is 9.78 Å². The summed E-state index contributed by atoms with van der Waals surface area (Å²) in [6.07, 6.45) is 0. The first-order valence-electron chi connectivity index (χ1n) is 5.91. The summed E-state index contributed by atoms with van der Waals surface area (Å²) in [5.41, 5.74) is 1.09. The Labute approximate surface area is 120 Å². The summed E-state index contributed by atoms with van der Waals surface area (Å²) < 4.78 is 10.5.